The van der Waals surface area contributed by atoms with Crippen molar-refractivity contribution in [2.45, 2.75) is 18.9 Å². The van der Waals surface area contributed by atoms with E-state index < -0.39 is 0 Å². The zero-order chi connectivity index (χ0) is 10.9. The maximum absolute atomic E-state index is 5.14. The highest BCUT2D eigenvalue weighted by Crippen LogP contribution is 2.09. The Balaban J connectivity index is 2.30. The SMILES string of the molecule is COCCN(CCOC)C1CCCNC1. The van der Waals surface area contributed by atoms with Gasteiger partial charge in [0.25, 0.3) is 0 Å². The quantitative estimate of drug-likeness (QED) is 0.665. The number of nitrogens with one attached hydrogen (secondary N) is 1. The Morgan fingerprint density at radius 3 is 2.33 bits per heavy atom. The van der Waals surface area contributed by atoms with Crippen LogP contribution < -0.4 is 5.32 Å². The number of nitrogens with zero attached hydrogens (tertiary/aromatic N) is 1. The standard InChI is InChI=1S/C11H24N2O2/c1-14-8-6-13(7-9-15-2)11-4-3-5-12-10-11/h11-12H,3-10H2,1-2H3. The number of methoxy groups -OCH3 is 2. The summed E-state index contributed by atoms with van der Waals surface area (Å²) in [4.78, 5) is 2.47. The first-order valence-corrected chi connectivity index (χ1v) is 5.81. The molecule has 4 heteroatoms. The van der Waals surface area contributed by atoms with E-state index in [9.17, 15) is 0 Å². The van der Waals surface area contributed by atoms with Crippen LogP contribution in [0.4, 0.5) is 0 Å². The Labute approximate surface area is 92.9 Å². The molecular weight excluding hydrogens is 192 g/mol. The third-order valence-electron chi connectivity index (χ3n) is 2.95. The van der Waals surface area contributed by atoms with Gasteiger partial charge in [-0.25, -0.2) is 0 Å². The summed E-state index contributed by atoms with van der Waals surface area (Å²) in [7, 11) is 3.52. The van der Waals surface area contributed by atoms with Crippen LogP contribution in [0.15, 0.2) is 0 Å². The Morgan fingerprint density at radius 2 is 1.87 bits per heavy atom. The van der Waals surface area contributed by atoms with E-state index in [4.69, 9.17) is 9.47 Å². The largest absolute Gasteiger partial charge is 0.383 e. The molecule has 4 nitrogen and oxygen atoms in total. The van der Waals surface area contributed by atoms with Crippen LogP contribution in [-0.4, -0.2) is 64.6 Å². The van der Waals surface area contributed by atoms with Crippen LogP contribution >= 0.6 is 0 Å². The molecule has 0 saturated carbocycles. The molecular formula is C11H24N2O2. The van der Waals surface area contributed by atoms with Crippen molar-refractivity contribution in [1.82, 2.24) is 10.2 Å². The fourth-order valence-corrected chi connectivity index (χ4v) is 2.04. The van der Waals surface area contributed by atoms with Crippen molar-refractivity contribution >= 4 is 0 Å². The lowest BCUT2D eigenvalue weighted by Gasteiger charge is -2.34. The van der Waals surface area contributed by atoms with Crippen LogP contribution in [0.25, 0.3) is 0 Å². The molecule has 15 heavy (non-hydrogen) atoms. The van der Waals surface area contributed by atoms with E-state index in [0.717, 1.165) is 32.8 Å². The second-order valence-corrected chi connectivity index (χ2v) is 4.02. The highest BCUT2D eigenvalue weighted by Gasteiger charge is 2.19. The van der Waals surface area contributed by atoms with E-state index in [-0.39, 0.29) is 0 Å². The second-order valence-electron chi connectivity index (χ2n) is 4.02. The van der Waals surface area contributed by atoms with E-state index in [2.05, 4.69) is 10.2 Å². The van der Waals surface area contributed by atoms with Gasteiger partial charge in [0.2, 0.25) is 0 Å². The lowest BCUT2D eigenvalue weighted by molar-refractivity contribution is 0.0783. The van der Waals surface area contributed by atoms with Crippen LogP contribution in [0.2, 0.25) is 0 Å². The molecule has 0 bridgehead atoms. The van der Waals surface area contributed by atoms with Gasteiger partial charge in [0.1, 0.15) is 0 Å². The van der Waals surface area contributed by atoms with Crippen molar-refractivity contribution < 1.29 is 9.47 Å². The summed E-state index contributed by atoms with van der Waals surface area (Å²) in [6.07, 6.45) is 2.57. The van der Waals surface area contributed by atoms with Gasteiger partial charge >= 0.3 is 0 Å². The molecule has 1 atom stereocenters. The predicted molar refractivity (Wildman–Crippen MR) is 61.2 cm³/mol. The Hall–Kier alpha value is -0.160. The van der Waals surface area contributed by atoms with Gasteiger partial charge in [0.05, 0.1) is 13.2 Å². The predicted octanol–water partition coefficient (Wildman–Crippen LogP) is 0.333. The minimum atomic E-state index is 0.657. The molecule has 1 saturated heterocycles. The van der Waals surface area contributed by atoms with Gasteiger partial charge in [-0.1, -0.05) is 0 Å². The molecule has 0 aromatic heterocycles. The molecule has 1 N–H and O–H groups in total. The molecule has 0 aliphatic carbocycles. The van der Waals surface area contributed by atoms with Crippen LogP contribution in [-0.2, 0) is 9.47 Å². The molecule has 0 spiro atoms. The van der Waals surface area contributed by atoms with Crippen molar-refractivity contribution in [3.63, 3.8) is 0 Å². The zero-order valence-corrected chi connectivity index (χ0v) is 10.00. The topological polar surface area (TPSA) is 33.7 Å². The molecule has 0 aromatic rings. The highest BCUT2D eigenvalue weighted by atomic mass is 16.5. The first-order valence-electron chi connectivity index (χ1n) is 5.81. The Bertz CT molecular complexity index is 142. The fourth-order valence-electron chi connectivity index (χ4n) is 2.04. The van der Waals surface area contributed by atoms with E-state index in [1.807, 2.05) is 0 Å². The van der Waals surface area contributed by atoms with Gasteiger partial charge in [-0.15, -0.1) is 0 Å². The van der Waals surface area contributed by atoms with E-state index in [1.165, 1.54) is 19.4 Å². The Morgan fingerprint density at radius 1 is 1.20 bits per heavy atom. The third-order valence-corrected chi connectivity index (χ3v) is 2.95. The lowest BCUT2D eigenvalue weighted by Crippen LogP contribution is -2.48. The van der Waals surface area contributed by atoms with Crippen LogP contribution in [0, 0.1) is 0 Å². The third kappa shape index (κ3) is 4.93. The monoisotopic (exact) mass is 216 g/mol. The molecule has 0 radical (unpaired) electrons. The average molecular weight is 216 g/mol. The number of piperidine rings is 1. The minimum Gasteiger partial charge on any atom is -0.383 e. The van der Waals surface area contributed by atoms with E-state index in [0.29, 0.717) is 6.04 Å². The van der Waals surface area contributed by atoms with Crippen molar-refractivity contribution in [2.75, 3.05) is 53.6 Å². The van der Waals surface area contributed by atoms with Gasteiger partial charge in [0, 0.05) is 39.9 Å². The zero-order valence-electron chi connectivity index (χ0n) is 10.00. The maximum atomic E-state index is 5.14. The van der Waals surface area contributed by atoms with Crippen molar-refractivity contribution in [1.29, 1.82) is 0 Å². The molecule has 1 aliphatic heterocycles. The van der Waals surface area contributed by atoms with Crippen molar-refractivity contribution in [3.05, 3.63) is 0 Å². The van der Waals surface area contributed by atoms with Crippen LogP contribution in [0.1, 0.15) is 12.8 Å². The minimum absolute atomic E-state index is 0.657. The van der Waals surface area contributed by atoms with E-state index in [1.54, 1.807) is 14.2 Å². The van der Waals surface area contributed by atoms with Gasteiger partial charge in [-0.05, 0) is 19.4 Å². The summed E-state index contributed by atoms with van der Waals surface area (Å²) in [6, 6.07) is 0.657. The van der Waals surface area contributed by atoms with Crippen molar-refractivity contribution in [3.8, 4) is 0 Å². The molecule has 0 aromatic carbocycles. The summed E-state index contributed by atoms with van der Waals surface area (Å²) in [5.74, 6) is 0. The van der Waals surface area contributed by atoms with Crippen LogP contribution in [0.5, 0.6) is 0 Å². The molecule has 1 heterocycles. The second kappa shape index (κ2) is 8.05. The van der Waals surface area contributed by atoms with Gasteiger partial charge in [-0.2, -0.15) is 0 Å². The number of hydrogen-bond acceptors (Lipinski definition) is 4. The fraction of sp³-hybridized carbons (Fsp3) is 1.00. The van der Waals surface area contributed by atoms with Gasteiger partial charge in [-0.3, -0.25) is 4.90 Å². The highest BCUT2D eigenvalue weighted by molar-refractivity contribution is 4.78. The first kappa shape index (κ1) is 12.9. The van der Waals surface area contributed by atoms with Crippen molar-refractivity contribution in [2.24, 2.45) is 0 Å². The van der Waals surface area contributed by atoms with Gasteiger partial charge < -0.3 is 14.8 Å². The van der Waals surface area contributed by atoms with Gasteiger partial charge in [0.15, 0.2) is 0 Å². The first-order chi connectivity index (χ1) is 7.38. The summed E-state index contributed by atoms with van der Waals surface area (Å²) in [5.41, 5.74) is 0. The summed E-state index contributed by atoms with van der Waals surface area (Å²) < 4.78 is 10.3. The average Bonchev–Trinajstić information content (AvgIpc) is 2.30. The summed E-state index contributed by atoms with van der Waals surface area (Å²) >= 11 is 0. The maximum Gasteiger partial charge on any atom is 0.0589 e. The molecule has 1 rings (SSSR count). The molecule has 1 unspecified atom stereocenters. The lowest BCUT2D eigenvalue weighted by atomic mass is 10.1. The molecule has 1 fully saturated rings. The smallest absolute Gasteiger partial charge is 0.0589 e. The van der Waals surface area contributed by atoms with Crippen LogP contribution in [0.3, 0.4) is 0 Å². The molecule has 1 aliphatic rings. The summed E-state index contributed by atoms with van der Waals surface area (Å²) in [6.45, 7) is 5.89. The normalized spacial score (nSPS) is 22.2. The van der Waals surface area contributed by atoms with E-state index >= 15 is 0 Å². The number of rotatable bonds is 7. The summed E-state index contributed by atoms with van der Waals surface area (Å²) in [5, 5.41) is 3.44. The molecule has 90 valence electrons. The Kier molecular flexibility index (Phi) is 6.92. The molecule has 0 amide bonds. The number of ether oxygens (including phenoxy) is 2. The number of hydrogen-bond donors (Lipinski definition) is 1.